The van der Waals surface area contributed by atoms with Crippen molar-refractivity contribution in [3.05, 3.63) is 95.1 Å². The van der Waals surface area contributed by atoms with E-state index in [1.165, 1.54) is 31.4 Å². The predicted molar refractivity (Wildman–Crippen MR) is 130 cm³/mol. The molecule has 0 heterocycles. The van der Waals surface area contributed by atoms with Gasteiger partial charge in [0.25, 0.3) is 5.60 Å². The lowest BCUT2D eigenvalue weighted by Crippen LogP contribution is -2.53. The summed E-state index contributed by atoms with van der Waals surface area (Å²) in [6, 6.07) is 17.1. The van der Waals surface area contributed by atoms with Gasteiger partial charge >= 0.3 is 12.4 Å². The minimum atomic E-state index is -6.02. The van der Waals surface area contributed by atoms with Crippen molar-refractivity contribution in [1.82, 2.24) is 0 Å². The molecule has 1 unspecified atom stereocenters. The molecule has 0 spiro atoms. The van der Waals surface area contributed by atoms with Gasteiger partial charge in [-0.25, -0.2) is 8.42 Å². The van der Waals surface area contributed by atoms with Crippen LogP contribution in [0.15, 0.2) is 77.7 Å². The van der Waals surface area contributed by atoms with E-state index in [9.17, 15) is 45.1 Å². The third-order valence-corrected chi connectivity index (χ3v) is 8.51. The Kier molecular flexibility index (Phi) is 8.67. The lowest BCUT2D eigenvalue weighted by atomic mass is 9.91. The molecule has 208 valence electrons. The minimum Gasteiger partial charge on any atom is -0.496 e. The number of hydrogen-bond donors (Lipinski definition) is 1. The van der Waals surface area contributed by atoms with E-state index in [-0.39, 0.29) is 35.3 Å². The van der Waals surface area contributed by atoms with Crippen LogP contribution >= 0.6 is 0 Å². The van der Waals surface area contributed by atoms with Gasteiger partial charge in [-0.2, -0.15) is 31.6 Å². The van der Waals surface area contributed by atoms with Crippen molar-refractivity contribution in [2.75, 3.05) is 7.11 Å². The molecule has 0 saturated carbocycles. The summed E-state index contributed by atoms with van der Waals surface area (Å²) in [5.74, 6) is 0.436. The monoisotopic (exact) mass is 571 g/mol. The normalized spacial score (nSPS) is 13.5. The molecule has 0 aromatic heterocycles. The number of nitrogens with zero attached hydrogens (tertiary/aromatic N) is 1. The quantitative estimate of drug-likeness (QED) is 0.324. The molecule has 39 heavy (non-hydrogen) atoms. The van der Waals surface area contributed by atoms with Gasteiger partial charge in [-0.3, -0.25) is 0 Å². The molecule has 3 aromatic carbocycles. The highest BCUT2D eigenvalue weighted by atomic mass is 32.2. The molecule has 3 aromatic rings. The van der Waals surface area contributed by atoms with Crippen LogP contribution in [0.4, 0.5) is 26.3 Å². The van der Waals surface area contributed by atoms with Crippen LogP contribution in [-0.4, -0.2) is 38.2 Å². The van der Waals surface area contributed by atoms with Gasteiger partial charge in [-0.15, -0.1) is 0 Å². The SMILES string of the molecule is COc1ccccc1CC(CCc1ccc(C(O)(C(F)(F)F)C(F)(F)F)cc1)S(=O)(=O)c1cccc(C#N)c1. The minimum absolute atomic E-state index is 0.0108. The molecule has 3 rings (SSSR count). The lowest BCUT2D eigenvalue weighted by Gasteiger charge is -2.32. The number of para-hydroxylation sites is 1. The number of benzene rings is 3. The third-order valence-electron chi connectivity index (χ3n) is 6.32. The van der Waals surface area contributed by atoms with Crippen molar-refractivity contribution >= 4 is 9.84 Å². The number of nitriles is 1. The summed E-state index contributed by atoms with van der Waals surface area (Å²) < 4.78 is 112. The Morgan fingerprint density at radius 2 is 1.54 bits per heavy atom. The molecule has 0 aliphatic carbocycles. The summed E-state index contributed by atoms with van der Waals surface area (Å²) >= 11 is 0. The summed E-state index contributed by atoms with van der Waals surface area (Å²) in [7, 11) is -2.62. The molecule has 0 saturated heterocycles. The van der Waals surface area contributed by atoms with Gasteiger partial charge in [0.15, 0.2) is 9.84 Å². The zero-order valence-electron chi connectivity index (χ0n) is 20.4. The Bertz CT molecular complexity index is 1430. The molecule has 0 fully saturated rings. The smallest absolute Gasteiger partial charge is 0.430 e. The lowest BCUT2D eigenvalue weighted by molar-refractivity contribution is -0.376. The van der Waals surface area contributed by atoms with Crippen molar-refractivity contribution < 1.29 is 44.6 Å². The van der Waals surface area contributed by atoms with Crippen molar-refractivity contribution in [3.8, 4) is 11.8 Å². The van der Waals surface area contributed by atoms with Crippen LogP contribution in [-0.2, 0) is 28.3 Å². The van der Waals surface area contributed by atoms with E-state index in [4.69, 9.17) is 4.74 Å². The van der Waals surface area contributed by atoms with E-state index in [2.05, 4.69) is 0 Å². The Labute approximate surface area is 221 Å². The van der Waals surface area contributed by atoms with Crippen LogP contribution in [0.5, 0.6) is 5.75 Å². The van der Waals surface area contributed by atoms with Crippen LogP contribution in [0, 0.1) is 11.3 Å². The van der Waals surface area contributed by atoms with Gasteiger partial charge < -0.3 is 9.84 Å². The van der Waals surface area contributed by atoms with Crippen molar-refractivity contribution in [1.29, 1.82) is 5.26 Å². The number of rotatable bonds is 9. The van der Waals surface area contributed by atoms with Gasteiger partial charge in [0.2, 0.25) is 0 Å². The molecule has 0 amide bonds. The Morgan fingerprint density at radius 1 is 0.923 bits per heavy atom. The third kappa shape index (κ3) is 6.20. The second-order valence-corrected chi connectivity index (χ2v) is 11.0. The van der Waals surface area contributed by atoms with E-state index < -0.39 is 38.6 Å². The first kappa shape index (κ1) is 30.0. The van der Waals surface area contributed by atoms with Crippen LogP contribution < -0.4 is 4.74 Å². The number of aryl methyl sites for hydroxylation is 1. The van der Waals surface area contributed by atoms with E-state index in [1.54, 1.807) is 24.3 Å². The summed E-state index contributed by atoms with van der Waals surface area (Å²) in [6.07, 6.45) is -12.1. The number of hydrogen-bond acceptors (Lipinski definition) is 5. The zero-order chi connectivity index (χ0) is 29.1. The number of aliphatic hydroxyl groups is 1. The van der Waals surface area contributed by atoms with Crippen LogP contribution in [0.3, 0.4) is 0 Å². The molecule has 0 aliphatic heterocycles. The van der Waals surface area contributed by atoms with Crippen LogP contribution in [0.25, 0.3) is 0 Å². The van der Waals surface area contributed by atoms with Gasteiger partial charge in [0.1, 0.15) is 5.75 Å². The highest BCUT2D eigenvalue weighted by Crippen LogP contribution is 2.50. The molecule has 1 atom stereocenters. The van der Waals surface area contributed by atoms with Crippen molar-refractivity contribution in [2.45, 2.75) is 47.4 Å². The maximum Gasteiger partial charge on any atom is 0.430 e. The van der Waals surface area contributed by atoms with Gasteiger partial charge in [0.05, 0.1) is 28.9 Å². The van der Waals surface area contributed by atoms with E-state index in [0.29, 0.717) is 23.4 Å². The number of sulfone groups is 1. The second-order valence-electron chi connectivity index (χ2n) is 8.76. The second kappa shape index (κ2) is 11.3. The summed E-state index contributed by atoms with van der Waals surface area (Å²) in [4.78, 5) is -0.0998. The summed E-state index contributed by atoms with van der Waals surface area (Å²) in [6.45, 7) is 0. The fourth-order valence-electron chi connectivity index (χ4n) is 4.15. The van der Waals surface area contributed by atoms with Gasteiger partial charge in [-0.1, -0.05) is 48.5 Å². The summed E-state index contributed by atoms with van der Waals surface area (Å²) in [5, 5.41) is 17.7. The maximum atomic E-state index is 13.6. The zero-order valence-corrected chi connectivity index (χ0v) is 21.2. The Hall–Kier alpha value is -3.56. The standard InChI is InChI=1S/C27H23F6NO4S/c1-38-24-8-3-2-6-20(24)16-23(39(36,37)22-7-4-5-19(15-22)17-34)14-11-18-9-12-21(13-10-18)25(35,26(28,29)30)27(31,32)33/h2-10,12-13,15,23,35H,11,14,16H2,1H3. The predicted octanol–water partition coefficient (Wildman–Crippen LogP) is 5.90. The number of alkyl halides is 6. The van der Waals surface area contributed by atoms with Gasteiger partial charge in [0, 0.05) is 5.56 Å². The first-order valence-corrected chi connectivity index (χ1v) is 13.0. The van der Waals surface area contributed by atoms with E-state index in [1.807, 2.05) is 6.07 Å². The Morgan fingerprint density at radius 3 is 2.10 bits per heavy atom. The molecule has 1 N–H and O–H groups in total. The fraction of sp³-hybridized carbons (Fsp3) is 0.296. The highest BCUT2D eigenvalue weighted by Gasteiger charge is 2.71. The maximum absolute atomic E-state index is 13.6. The fourth-order valence-corrected chi connectivity index (χ4v) is 5.92. The average Bonchev–Trinajstić information content (AvgIpc) is 2.89. The summed E-state index contributed by atoms with van der Waals surface area (Å²) in [5.41, 5.74) is -5.50. The number of methoxy groups -OCH3 is 1. The molecule has 0 aliphatic rings. The molecule has 5 nitrogen and oxygen atoms in total. The molecule has 0 bridgehead atoms. The first-order valence-electron chi connectivity index (χ1n) is 11.5. The van der Waals surface area contributed by atoms with E-state index >= 15 is 0 Å². The van der Waals surface area contributed by atoms with E-state index in [0.717, 1.165) is 12.1 Å². The van der Waals surface area contributed by atoms with Crippen LogP contribution in [0.1, 0.15) is 28.7 Å². The Balaban J connectivity index is 1.94. The van der Waals surface area contributed by atoms with Gasteiger partial charge in [-0.05, 0) is 54.7 Å². The largest absolute Gasteiger partial charge is 0.496 e. The highest BCUT2D eigenvalue weighted by molar-refractivity contribution is 7.92. The number of halogens is 6. The topological polar surface area (TPSA) is 87.4 Å². The molecular formula is C27H23F6NO4S. The van der Waals surface area contributed by atoms with Crippen molar-refractivity contribution in [2.24, 2.45) is 0 Å². The van der Waals surface area contributed by atoms with Crippen LogP contribution in [0.2, 0.25) is 0 Å². The van der Waals surface area contributed by atoms with Crippen molar-refractivity contribution in [3.63, 3.8) is 0 Å². The first-order chi connectivity index (χ1) is 18.1. The molecule has 0 radical (unpaired) electrons. The molecule has 12 heteroatoms. The molecular weight excluding hydrogens is 548 g/mol. The number of ether oxygens (including phenoxy) is 1. The average molecular weight is 572 g/mol.